The summed E-state index contributed by atoms with van der Waals surface area (Å²) >= 11 is 0. The van der Waals surface area contributed by atoms with Gasteiger partial charge in [-0.1, -0.05) is 12.1 Å². The van der Waals surface area contributed by atoms with Crippen LogP contribution in [-0.4, -0.2) is 37.2 Å². The molecule has 0 aliphatic carbocycles. The Morgan fingerprint density at radius 2 is 1.95 bits per heavy atom. The molecular formula is C15H25ClN2O. The summed E-state index contributed by atoms with van der Waals surface area (Å²) in [5, 5.41) is 0. The molecule has 0 aromatic heterocycles. The summed E-state index contributed by atoms with van der Waals surface area (Å²) in [6.07, 6.45) is 2.14. The van der Waals surface area contributed by atoms with Crippen LogP contribution in [0.15, 0.2) is 18.2 Å². The minimum Gasteiger partial charge on any atom is -0.496 e. The van der Waals surface area contributed by atoms with Crippen LogP contribution in [-0.2, 0) is 12.8 Å². The van der Waals surface area contributed by atoms with E-state index in [1.165, 1.54) is 11.1 Å². The Hall–Kier alpha value is -0.770. The van der Waals surface area contributed by atoms with E-state index in [2.05, 4.69) is 36.9 Å². The molecule has 3 nitrogen and oxygen atoms in total. The molecular weight excluding hydrogens is 260 g/mol. The fourth-order valence-corrected chi connectivity index (χ4v) is 2.72. The molecule has 19 heavy (non-hydrogen) atoms. The number of nitrogens with two attached hydrogens (primary N) is 1. The van der Waals surface area contributed by atoms with E-state index in [1.807, 2.05) is 0 Å². The van der Waals surface area contributed by atoms with Gasteiger partial charge in [0, 0.05) is 25.2 Å². The van der Waals surface area contributed by atoms with E-state index in [1.54, 1.807) is 7.11 Å². The van der Waals surface area contributed by atoms with Gasteiger partial charge in [0.15, 0.2) is 0 Å². The molecule has 1 aliphatic heterocycles. The number of hydrogen-bond donors (Lipinski definition) is 1. The lowest BCUT2D eigenvalue weighted by molar-refractivity contribution is 0.235. The first kappa shape index (κ1) is 16.3. The number of ether oxygens (including phenoxy) is 1. The summed E-state index contributed by atoms with van der Waals surface area (Å²) in [6.45, 7) is 7.27. The number of nitrogens with zero attached hydrogens (tertiary/aromatic N) is 1. The molecule has 0 fully saturated rings. The predicted octanol–water partition coefficient (Wildman–Crippen LogP) is 2.25. The number of benzene rings is 1. The number of rotatable bonds is 3. The van der Waals surface area contributed by atoms with E-state index in [0.29, 0.717) is 0 Å². The van der Waals surface area contributed by atoms with Gasteiger partial charge in [0.2, 0.25) is 0 Å². The van der Waals surface area contributed by atoms with Crippen molar-refractivity contribution in [2.75, 3.05) is 26.7 Å². The Morgan fingerprint density at radius 1 is 1.26 bits per heavy atom. The fourth-order valence-electron chi connectivity index (χ4n) is 2.72. The summed E-state index contributed by atoms with van der Waals surface area (Å²) in [6, 6.07) is 6.36. The fraction of sp³-hybridized carbons (Fsp3) is 0.600. The zero-order valence-electron chi connectivity index (χ0n) is 12.1. The zero-order valence-corrected chi connectivity index (χ0v) is 12.9. The topological polar surface area (TPSA) is 38.5 Å². The third-order valence-electron chi connectivity index (χ3n) is 3.46. The monoisotopic (exact) mass is 284 g/mol. The highest BCUT2D eigenvalue weighted by molar-refractivity contribution is 5.85. The van der Waals surface area contributed by atoms with Crippen LogP contribution in [0.25, 0.3) is 0 Å². The first-order valence-corrected chi connectivity index (χ1v) is 6.65. The molecule has 1 aromatic carbocycles. The molecule has 4 heteroatoms. The van der Waals surface area contributed by atoms with Crippen LogP contribution in [0.2, 0.25) is 0 Å². The van der Waals surface area contributed by atoms with Gasteiger partial charge in [-0.3, -0.25) is 0 Å². The molecule has 0 spiro atoms. The molecule has 1 aliphatic rings. The molecule has 1 aromatic rings. The van der Waals surface area contributed by atoms with E-state index in [4.69, 9.17) is 10.5 Å². The quantitative estimate of drug-likeness (QED) is 0.925. The van der Waals surface area contributed by atoms with Crippen molar-refractivity contribution in [1.82, 2.24) is 4.90 Å². The summed E-state index contributed by atoms with van der Waals surface area (Å²) in [4.78, 5) is 2.46. The molecule has 2 N–H and O–H groups in total. The van der Waals surface area contributed by atoms with Gasteiger partial charge >= 0.3 is 0 Å². The highest BCUT2D eigenvalue weighted by Crippen LogP contribution is 2.26. The molecule has 1 heterocycles. The van der Waals surface area contributed by atoms with Crippen LogP contribution >= 0.6 is 12.4 Å². The van der Waals surface area contributed by atoms with E-state index < -0.39 is 0 Å². The van der Waals surface area contributed by atoms with Gasteiger partial charge in [-0.15, -0.1) is 12.4 Å². The number of hydrogen-bond acceptors (Lipinski definition) is 3. The average Bonchev–Trinajstić information content (AvgIpc) is 2.50. The molecule has 0 atom stereocenters. The van der Waals surface area contributed by atoms with Crippen molar-refractivity contribution in [1.29, 1.82) is 0 Å². The van der Waals surface area contributed by atoms with Crippen LogP contribution in [0.3, 0.4) is 0 Å². The Balaban J connectivity index is 0.00000180. The van der Waals surface area contributed by atoms with Gasteiger partial charge in [0.05, 0.1) is 7.11 Å². The van der Waals surface area contributed by atoms with Crippen molar-refractivity contribution in [3.8, 4) is 5.75 Å². The van der Waals surface area contributed by atoms with Crippen LogP contribution in [0, 0.1) is 0 Å². The predicted molar refractivity (Wildman–Crippen MR) is 82.4 cm³/mol. The van der Waals surface area contributed by atoms with Crippen molar-refractivity contribution in [2.24, 2.45) is 5.73 Å². The normalized spacial score (nSPS) is 16.2. The average molecular weight is 285 g/mol. The van der Waals surface area contributed by atoms with E-state index in [9.17, 15) is 0 Å². The minimum absolute atomic E-state index is 0. The molecule has 2 rings (SSSR count). The third kappa shape index (κ3) is 4.37. The van der Waals surface area contributed by atoms with Crippen LogP contribution < -0.4 is 10.5 Å². The van der Waals surface area contributed by atoms with Gasteiger partial charge < -0.3 is 15.4 Å². The maximum absolute atomic E-state index is 6.11. The van der Waals surface area contributed by atoms with E-state index >= 15 is 0 Å². The second kappa shape index (κ2) is 6.60. The van der Waals surface area contributed by atoms with Gasteiger partial charge in [-0.25, -0.2) is 0 Å². The van der Waals surface area contributed by atoms with Crippen LogP contribution in [0.4, 0.5) is 0 Å². The lowest BCUT2D eigenvalue weighted by Gasteiger charge is -2.28. The number of halogens is 1. The zero-order chi connectivity index (χ0) is 13.2. The molecule has 0 amide bonds. The molecule has 0 radical (unpaired) electrons. The Morgan fingerprint density at radius 3 is 2.58 bits per heavy atom. The van der Waals surface area contributed by atoms with Crippen LogP contribution in [0.1, 0.15) is 25.0 Å². The molecule has 0 unspecified atom stereocenters. The Kier molecular flexibility index (Phi) is 5.65. The first-order valence-electron chi connectivity index (χ1n) is 6.65. The van der Waals surface area contributed by atoms with Crippen molar-refractivity contribution in [2.45, 2.75) is 32.2 Å². The smallest absolute Gasteiger partial charge is 0.122 e. The largest absolute Gasteiger partial charge is 0.496 e. The highest BCUT2D eigenvalue weighted by atomic mass is 35.5. The van der Waals surface area contributed by atoms with Gasteiger partial charge in [0.1, 0.15) is 5.75 Å². The second-order valence-corrected chi connectivity index (χ2v) is 5.86. The maximum atomic E-state index is 6.11. The SMILES string of the molecule is COc1cccc2c1CCN(CC(C)(C)N)CC2.Cl. The molecule has 0 saturated carbocycles. The standard InChI is InChI=1S/C15H24N2O.ClH/c1-15(2,16)11-17-9-7-12-5-4-6-14(18-3)13(12)8-10-17;/h4-6H,7-11,16H2,1-3H3;1H. The summed E-state index contributed by atoms with van der Waals surface area (Å²) in [5.41, 5.74) is 8.78. The van der Waals surface area contributed by atoms with Crippen molar-refractivity contribution in [3.63, 3.8) is 0 Å². The van der Waals surface area contributed by atoms with E-state index in [0.717, 1.165) is 38.2 Å². The minimum atomic E-state index is -0.124. The molecule has 108 valence electrons. The van der Waals surface area contributed by atoms with Gasteiger partial charge in [-0.05, 0) is 43.9 Å². The highest BCUT2D eigenvalue weighted by Gasteiger charge is 2.21. The van der Waals surface area contributed by atoms with Gasteiger partial charge in [-0.2, -0.15) is 0 Å². The van der Waals surface area contributed by atoms with E-state index in [-0.39, 0.29) is 17.9 Å². The third-order valence-corrected chi connectivity index (χ3v) is 3.46. The van der Waals surface area contributed by atoms with Crippen LogP contribution in [0.5, 0.6) is 5.75 Å². The van der Waals surface area contributed by atoms with Crippen molar-refractivity contribution in [3.05, 3.63) is 29.3 Å². The lowest BCUT2D eigenvalue weighted by atomic mass is 10.0. The number of fused-ring (bicyclic) bond motifs is 1. The summed E-state index contributed by atoms with van der Waals surface area (Å²) in [7, 11) is 1.75. The second-order valence-electron chi connectivity index (χ2n) is 5.86. The van der Waals surface area contributed by atoms with Gasteiger partial charge in [0.25, 0.3) is 0 Å². The Labute approximate surface area is 122 Å². The molecule has 0 saturated heterocycles. The summed E-state index contributed by atoms with van der Waals surface area (Å²) in [5.74, 6) is 1.03. The van der Waals surface area contributed by atoms with Crippen molar-refractivity contribution >= 4 is 12.4 Å². The molecule has 0 bridgehead atoms. The first-order chi connectivity index (χ1) is 8.49. The number of methoxy groups -OCH3 is 1. The maximum Gasteiger partial charge on any atom is 0.122 e. The Bertz CT molecular complexity index is 415. The van der Waals surface area contributed by atoms with Crippen molar-refractivity contribution < 1.29 is 4.74 Å². The lowest BCUT2D eigenvalue weighted by Crippen LogP contribution is -2.46. The summed E-state index contributed by atoms with van der Waals surface area (Å²) < 4.78 is 5.46.